The number of aliphatic hydroxyl groups is 3. The average molecular weight is 331 g/mol. The van der Waals surface area contributed by atoms with Gasteiger partial charge in [0, 0.05) is 17.9 Å². The third-order valence-corrected chi connectivity index (χ3v) is 3.84. The number of hydrogen-bond donors (Lipinski definition) is 4. The molecule has 8 heteroatoms. The Kier molecular flexibility index (Phi) is 4.72. The van der Waals surface area contributed by atoms with Crippen molar-refractivity contribution in [3.8, 4) is 0 Å². The van der Waals surface area contributed by atoms with E-state index in [0.717, 1.165) is 0 Å². The molecule has 0 amide bonds. The maximum atomic E-state index is 12.1. The predicted molar refractivity (Wildman–Crippen MR) is 74.5 cm³/mol. The number of hydrogen-bond acceptors (Lipinski definition) is 6. The van der Waals surface area contributed by atoms with Crippen molar-refractivity contribution in [2.24, 2.45) is 0 Å². The van der Waals surface area contributed by atoms with Gasteiger partial charge in [0.1, 0.15) is 6.10 Å². The SMILES string of the molecule is O=C(OC1(C(=O)O)C[C@@H](O)C(O)[C@H](O)C1)c1cccc(Cl)c1. The van der Waals surface area contributed by atoms with E-state index in [9.17, 15) is 30.0 Å². The lowest BCUT2D eigenvalue weighted by Crippen LogP contribution is -2.58. The van der Waals surface area contributed by atoms with Crippen LogP contribution < -0.4 is 0 Å². The lowest BCUT2D eigenvalue weighted by atomic mass is 9.79. The molecule has 0 radical (unpaired) electrons. The summed E-state index contributed by atoms with van der Waals surface area (Å²) in [5, 5.41) is 38.5. The lowest BCUT2D eigenvalue weighted by molar-refractivity contribution is -0.187. The molecule has 22 heavy (non-hydrogen) atoms. The van der Waals surface area contributed by atoms with E-state index >= 15 is 0 Å². The molecule has 1 aliphatic rings. The fraction of sp³-hybridized carbons (Fsp3) is 0.429. The second kappa shape index (κ2) is 6.21. The second-order valence-corrected chi connectivity index (χ2v) is 5.67. The fourth-order valence-electron chi connectivity index (χ4n) is 2.41. The highest BCUT2D eigenvalue weighted by molar-refractivity contribution is 6.30. The first-order chi connectivity index (χ1) is 10.2. The van der Waals surface area contributed by atoms with E-state index < -0.39 is 48.7 Å². The quantitative estimate of drug-likeness (QED) is 0.583. The maximum Gasteiger partial charge on any atom is 0.348 e. The molecule has 0 bridgehead atoms. The number of carboxylic acids is 1. The van der Waals surface area contributed by atoms with Crippen molar-refractivity contribution < 1.29 is 34.8 Å². The number of benzene rings is 1. The fourth-order valence-corrected chi connectivity index (χ4v) is 2.60. The standard InChI is InChI=1S/C14H15ClO7/c15-8-3-1-2-7(4-8)12(19)22-14(13(20)21)5-9(16)11(18)10(17)6-14/h1-4,9-11,16-18H,5-6H2,(H,20,21)/t9-,10-,11?,14?/m1/s1. The molecule has 0 saturated heterocycles. The van der Waals surface area contributed by atoms with Gasteiger partial charge in [-0.15, -0.1) is 0 Å². The molecule has 0 aliphatic heterocycles. The van der Waals surface area contributed by atoms with Crippen molar-refractivity contribution in [3.63, 3.8) is 0 Å². The topological polar surface area (TPSA) is 124 Å². The van der Waals surface area contributed by atoms with Crippen molar-refractivity contribution in [2.45, 2.75) is 36.8 Å². The molecule has 2 atom stereocenters. The molecule has 7 nitrogen and oxygen atoms in total. The summed E-state index contributed by atoms with van der Waals surface area (Å²) in [5.41, 5.74) is -2.07. The zero-order valence-corrected chi connectivity index (χ0v) is 12.1. The first kappa shape index (κ1) is 16.7. The van der Waals surface area contributed by atoms with Crippen molar-refractivity contribution in [3.05, 3.63) is 34.9 Å². The number of halogens is 1. The molecule has 1 aliphatic carbocycles. The van der Waals surface area contributed by atoms with Gasteiger partial charge in [0.2, 0.25) is 5.60 Å². The minimum atomic E-state index is -2.11. The highest BCUT2D eigenvalue weighted by Crippen LogP contribution is 2.34. The van der Waals surface area contributed by atoms with Crippen LogP contribution in [-0.4, -0.2) is 56.3 Å². The number of esters is 1. The number of ether oxygens (including phenoxy) is 1. The van der Waals surface area contributed by atoms with E-state index in [4.69, 9.17) is 16.3 Å². The monoisotopic (exact) mass is 330 g/mol. The molecule has 0 unspecified atom stereocenters. The Bertz CT molecular complexity index is 576. The first-order valence-corrected chi connectivity index (χ1v) is 6.89. The maximum absolute atomic E-state index is 12.1. The Morgan fingerprint density at radius 1 is 1.18 bits per heavy atom. The van der Waals surface area contributed by atoms with Crippen molar-refractivity contribution in [1.82, 2.24) is 0 Å². The van der Waals surface area contributed by atoms with Crippen LogP contribution in [-0.2, 0) is 9.53 Å². The van der Waals surface area contributed by atoms with Gasteiger partial charge in [-0.3, -0.25) is 0 Å². The molecule has 120 valence electrons. The summed E-state index contributed by atoms with van der Waals surface area (Å²) in [6.07, 6.45) is -5.57. The molecule has 0 aromatic heterocycles. The Morgan fingerprint density at radius 3 is 2.27 bits per heavy atom. The van der Waals surface area contributed by atoms with Gasteiger partial charge in [-0.2, -0.15) is 0 Å². The molecule has 1 fully saturated rings. The molecular weight excluding hydrogens is 316 g/mol. The van der Waals surface area contributed by atoms with E-state index in [2.05, 4.69) is 0 Å². The smallest absolute Gasteiger partial charge is 0.348 e. The Balaban J connectivity index is 2.26. The summed E-state index contributed by atoms with van der Waals surface area (Å²) in [4.78, 5) is 23.6. The summed E-state index contributed by atoms with van der Waals surface area (Å²) in [6.45, 7) is 0. The van der Waals surface area contributed by atoms with Gasteiger partial charge in [-0.05, 0) is 18.2 Å². The first-order valence-electron chi connectivity index (χ1n) is 6.52. The normalized spacial score (nSPS) is 31.5. The van der Waals surface area contributed by atoms with E-state index in [0.29, 0.717) is 0 Å². The summed E-state index contributed by atoms with van der Waals surface area (Å²) in [6, 6.07) is 5.74. The van der Waals surface area contributed by atoms with E-state index in [1.54, 1.807) is 0 Å². The van der Waals surface area contributed by atoms with Crippen molar-refractivity contribution >= 4 is 23.5 Å². The highest BCUT2D eigenvalue weighted by Gasteiger charge is 2.52. The van der Waals surface area contributed by atoms with Gasteiger partial charge in [0.25, 0.3) is 0 Å². The number of aliphatic hydroxyl groups excluding tert-OH is 3. The molecule has 1 aromatic carbocycles. The molecule has 0 spiro atoms. The van der Waals surface area contributed by atoms with Crippen molar-refractivity contribution in [2.75, 3.05) is 0 Å². The summed E-state index contributed by atoms with van der Waals surface area (Å²) >= 11 is 5.76. The van der Waals surface area contributed by atoms with E-state index in [1.807, 2.05) is 0 Å². The Morgan fingerprint density at radius 2 is 1.77 bits per heavy atom. The minimum Gasteiger partial charge on any atom is -0.478 e. The number of rotatable bonds is 3. The van der Waals surface area contributed by atoms with E-state index in [1.165, 1.54) is 24.3 Å². The average Bonchev–Trinajstić information content (AvgIpc) is 2.44. The highest BCUT2D eigenvalue weighted by atomic mass is 35.5. The lowest BCUT2D eigenvalue weighted by Gasteiger charge is -2.40. The summed E-state index contributed by atoms with van der Waals surface area (Å²) in [7, 11) is 0. The molecule has 1 saturated carbocycles. The van der Waals surface area contributed by atoms with Crippen molar-refractivity contribution in [1.29, 1.82) is 0 Å². The molecule has 1 aromatic rings. The van der Waals surface area contributed by atoms with Crippen LogP contribution in [0, 0.1) is 0 Å². The van der Waals surface area contributed by atoms with Gasteiger partial charge in [-0.25, -0.2) is 9.59 Å². The van der Waals surface area contributed by atoms with Crippen LogP contribution in [0.1, 0.15) is 23.2 Å². The molecule has 0 heterocycles. The predicted octanol–water partition coefficient (Wildman–Crippen LogP) is 0.197. The third-order valence-electron chi connectivity index (χ3n) is 3.60. The molecule has 4 N–H and O–H groups in total. The summed E-state index contributed by atoms with van der Waals surface area (Å²) < 4.78 is 5.04. The van der Waals surface area contributed by atoms with Gasteiger partial charge in [-0.1, -0.05) is 17.7 Å². The third kappa shape index (κ3) is 3.22. The minimum absolute atomic E-state index is 0.0447. The summed E-state index contributed by atoms with van der Waals surface area (Å²) in [5.74, 6) is -2.45. The van der Waals surface area contributed by atoms with Gasteiger partial charge >= 0.3 is 11.9 Å². The van der Waals surface area contributed by atoms with E-state index in [-0.39, 0.29) is 10.6 Å². The largest absolute Gasteiger partial charge is 0.478 e. The Labute approximate surface area is 130 Å². The van der Waals surface area contributed by atoms with Crippen LogP contribution >= 0.6 is 11.6 Å². The van der Waals surface area contributed by atoms with Gasteiger partial charge < -0.3 is 25.2 Å². The van der Waals surface area contributed by atoms with Crippen LogP contribution in [0.3, 0.4) is 0 Å². The molecular formula is C14H15ClO7. The Hall–Kier alpha value is -1.67. The number of carbonyl (C=O) groups excluding carboxylic acids is 1. The van der Waals surface area contributed by atoms with Crippen LogP contribution in [0.4, 0.5) is 0 Å². The van der Waals surface area contributed by atoms with Crippen LogP contribution in [0.5, 0.6) is 0 Å². The number of carbonyl (C=O) groups is 2. The van der Waals surface area contributed by atoms with Gasteiger partial charge in [0.05, 0.1) is 17.8 Å². The van der Waals surface area contributed by atoms with Crippen LogP contribution in [0.2, 0.25) is 5.02 Å². The molecule has 2 rings (SSSR count). The zero-order chi connectivity index (χ0) is 16.5. The number of aliphatic carboxylic acids is 1. The van der Waals surface area contributed by atoms with Gasteiger partial charge in [0.15, 0.2) is 0 Å². The van der Waals surface area contributed by atoms with Crippen LogP contribution in [0.15, 0.2) is 24.3 Å². The zero-order valence-electron chi connectivity index (χ0n) is 11.3. The number of carboxylic acid groups (broad SMARTS) is 1. The van der Waals surface area contributed by atoms with Crippen LogP contribution in [0.25, 0.3) is 0 Å². The second-order valence-electron chi connectivity index (χ2n) is 5.23.